The number of aromatic nitrogens is 5. The Morgan fingerprint density at radius 1 is 1.31 bits per heavy atom. The topological polar surface area (TPSA) is 90.5 Å². The second-order valence-electron chi connectivity index (χ2n) is 2.07. The number of rotatable bonds is 1. The van der Waals surface area contributed by atoms with Crippen molar-refractivity contribution in [2.45, 2.75) is 0 Å². The summed E-state index contributed by atoms with van der Waals surface area (Å²) >= 11 is 6.75. The van der Waals surface area contributed by atoms with E-state index in [1.807, 2.05) is 0 Å². The molecule has 2 heterocycles. The van der Waals surface area contributed by atoms with Gasteiger partial charge in [0.05, 0.1) is 6.20 Å². The fourth-order valence-corrected chi connectivity index (χ4v) is 1.36. The predicted molar refractivity (Wildman–Crippen MR) is 48.2 cm³/mol. The van der Waals surface area contributed by atoms with Crippen LogP contribution in [0.3, 0.4) is 0 Å². The van der Waals surface area contributed by atoms with Crippen molar-refractivity contribution < 1.29 is 0 Å². The fraction of sp³-hybridized carbons (Fsp3) is 0. The highest BCUT2D eigenvalue weighted by Crippen LogP contribution is 2.18. The third kappa shape index (κ3) is 1.70. The first kappa shape index (κ1) is 8.27. The molecule has 2 aromatic heterocycles. The molecular weight excluding hydrogens is 212 g/mol. The van der Waals surface area contributed by atoms with Crippen molar-refractivity contribution in [2.24, 2.45) is 0 Å². The van der Waals surface area contributed by atoms with E-state index in [1.165, 1.54) is 17.7 Å². The molecule has 0 amide bonds. The van der Waals surface area contributed by atoms with E-state index >= 15 is 0 Å². The monoisotopic (exact) mass is 214 g/mol. The van der Waals surface area contributed by atoms with Crippen LogP contribution in [0, 0.1) is 0 Å². The Bertz CT molecular complexity index is 395. The van der Waals surface area contributed by atoms with Gasteiger partial charge in [0.2, 0.25) is 11.2 Å². The van der Waals surface area contributed by atoms with E-state index in [9.17, 15) is 0 Å². The highest BCUT2D eigenvalue weighted by atomic mass is 35.5. The average molecular weight is 215 g/mol. The molecule has 0 aliphatic rings. The zero-order valence-corrected chi connectivity index (χ0v) is 7.75. The summed E-state index contributed by atoms with van der Waals surface area (Å²) in [7, 11) is 0. The molecule has 0 fully saturated rings. The minimum Gasteiger partial charge on any atom is -0.368 e. The van der Waals surface area contributed by atoms with Gasteiger partial charge in [0.25, 0.3) is 0 Å². The van der Waals surface area contributed by atoms with Gasteiger partial charge in [-0.15, -0.1) is 5.10 Å². The molecule has 0 unspecified atom stereocenters. The van der Waals surface area contributed by atoms with E-state index in [-0.39, 0.29) is 11.2 Å². The minimum absolute atomic E-state index is 0.0656. The van der Waals surface area contributed by atoms with Gasteiger partial charge in [-0.25, -0.2) is 0 Å². The molecule has 2 aromatic rings. The van der Waals surface area contributed by atoms with Gasteiger partial charge < -0.3 is 5.73 Å². The number of hydrogen-bond donors (Lipinski definition) is 1. The normalized spacial score (nSPS) is 10.2. The standard InChI is InChI=1S/C5H3ClN6S/c6-4-9-3(10-5(7)11-4)2-1-8-12-13-2/h1H,(H2,7,9,10,11). The molecule has 2 rings (SSSR count). The van der Waals surface area contributed by atoms with E-state index in [0.29, 0.717) is 10.7 Å². The number of anilines is 1. The molecule has 0 saturated heterocycles. The van der Waals surface area contributed by atoms with E-state index in [0.717, 1.165) is 0 Å². The van der Waals surface area contributed by atoms with Crippen LogP contribution in [0.2, 0.25) is 5.28 Å². The molecule has 0 aliphatic heterocycles. The molecule has 6 nitrogen and oxygen atoms in total. The lowest BCUT2D eigenvalue weighted by molar-refractivity contribution is 1.07. The van der Waals surface area contributed by atoms with Crippen molar-refractivity contribution in [3.8, 4) is 10.7 Å². The van der Waals surface area contributed by atoms with Crippen LogP contribution in [0.5, 0.6) is 0 Å². The Labute approximate surface area is 82.0 Å². The highest BCUT2D eigenvalue weighted by Gasteiger charge is 2.06. The second-order valence-corrected chi connectivity index (χ2v) is 3.19. The maximum Gasteiger partial charge on any atom is 0.227 e. The van der Waals surface area contributed by atoms with Crippen LogP contribution < -0.4 is 5.73 Å². The Kier molecular flexibility index (Phi) is 2.03. The van der Waals surface area contributed by atoms with E-state index in [4.69, 9.17) is 17.3 Å². The summed E-state index contributed by atoms with van der Waals surface area (Å²) in [6, 6.07) is 0. The van der Waals surface area contributed by atoms with Crippen molar-refractivity contribution in [1.29, 1.82) is 0 Å². The highest BCUT2D eigenvalue weighted by molar-refractivity contribution is 7.09. The summed E-state index contributed by atoms with van der Waals surface area (Å²) in [5.41, 5.74) is 5.38. The van der Waals surface area contributed by atoms with Crippen molar-refractivity contribution in [1.82, 2.24) is 24.5 Å². The summed E-state index contributed by atoms with van der Waals surface area (Å²) in [5, 5.41) is 3.71. The lowest BCUT2D eigenvalue weighted by Gasteiger charge is -1.95. The predicted octanol–water partition coefficient (Wildman–Crippen LogP) is 0.626. The van der Waals surface area contributed by atoms with Gasteiger partial charge in [-0.1, -0.05) is 4.49 Å². The second kappa shape index (κ2) is 3.19. The number of hydrogen-bond acceptors (Lipinski definition) is 7. The van der Waals surface area contributed by atoms with Crippen molar-refractivity contribution in [3.63, 3.8) is 0 Å². The molecule has 13 heavy (non-hydrogen) atoms. The molecule has 2 N–H and O–H groups in total. The molecule has 0 aliphatic carbocycles. The molecule has 0 saturated carbocycles. The van der Waals surface area contributed by atoms with E-state index in [1.54, 1.807) is 0 Å². The van der Waals surface area contributed by atoms with Crippen LogP contribution in [0.4, 0.5) is 5.95 Å². The maximum atomic E-state index is 5.59. The minimum atomic E-state index is 0.0656. The molecule has 0 radical (unpaired) electrons. The third-order valence-electron chi connectivity index (χ3n) is 1.21. The van der Waals surface area contributed by atoms with Crippen molar-refractivity contribution in [3.05, 3.63) is 11.5 Å². The van der Waals surface area contributed by atoms with Crippen molar-refractivity contribution >= 4 is 29.1 Å². The van der Waals surface area contributed by atoms with Gasteiger partial charge in [-0.3, -0.25) is 0 Å². The van der Waals surface area contributed by atoms with Gasteiger partial charge in [0.15, 0.2) is 5.82 Å². The first-order chi connectivity index (χ1) is 6.25. The van der Waals surface area contributed by atoms with Gasteiger partial charge >= 0.3 is 0 Å². The molecule has 0 bridgehead atoms. The summed E-state index contributed by atoms with van der Waals surface area (Å²) in [6.07, 6.45) is 1.54. The van der Waals surface area contributed by atoms with Crippen LogP contribution in [-0.4, -0.2) is 24.5 Å². The number of nitrogens with zero attached hydrogens (tertiary/aromatic N) is 5. The lowest BCUT2D eigenvalue weighted by Crippen LogP contribution is -1.98. The van der Waals surface area contributed by atoms with E-state index in [2.05, 4.69) is 24.5 Å². The lowest BCUT2D eigenvalue weighted by atomic mass is 10.5. The molecule has 0 aromatic carbocycles. The van der Waals surface area contributed by atoms with Gasteiger partial charge in [-0.05, 0) is 23.1 Å². The average Bonchev–Trinajstić information content (AvgIpc) is 2.53. The number of nitrogen functional groups attached to an aromatic ring is 1. The zero-order chi connectivity index (χ0) is 9.26. The Hall–Kier alpha value is -1.34. The summed E-state index contributed by atoms with van der Waals surface area (Å²) in [6.45, 7) is 0. The Morgan fingerprint density at radius 2 is 2.15 bits per heavy atom. The molecular formula is C5H3ClN6S. The van der Waals surface area contributed by atoms with Gasteiger partial charge in [-0.2, -0.15) is 15.0 Å². The van der Waals surface area contributed by atoms with Gasteiger partial charge in [0, 0.05) is 0 Å². The van der Waals surface area contributed by atoms with E-state index < -0.39 is 0 Å². The quantitative estimate of drug-likeness (QED) is 0.749. The number of halogens is 1. The first-order valence-corrected chi connectivity index (χ1v) is 4.35. The summed E-state index contributed by atoms with van der Waals surface area (Å²) in [4.78, 5) is 12.1. The molecule has 0 spiro atoms. The van der Waals surface area contributed by atoms with Crippen LogP contribution in [-0.2, 0) is 0 Å². The van der Waals surface area contributed by atoms with Crippen LogP contribution in [0.1, 0.15) is 0 Å². The Balaban J connectivity index is 2.53. The zero-order valence-electron chi connectivity index (χ0n) is 6.18. The van der Waals surface area contributed by atoms with Crippen LogP contribution >= 0.6 is 23.1 Å². The van der Waals surface area contributed by atoms with Gasteiger partial charge in [0.1, 0.15) is 4.88 Å². The third-order valence-corrected chi connectivity index (χ3v) is 2.04. The molecule has 8 heteroatoms. The first-order valence-electron chi connectivity index (χ1n) is 3.20. The Morgan fingerprint density at radius 3 is 2.77 bits per heavy atom. The molecule has 0 atom stereocenters. The summed E-state index contributed by atoms with van der Waals surface area (Å²) < 4.78 is 3.67. The molecule has 66 valence electrons. The smallest absolute Gasteiger partial charge is 0.227 e. The fourth-order valence-electron chi connectivity index (χ4n) is 0.741. The van der Waals surface area contributed by atoms with Crippen LogP contribution in [0.15, 0.2) is 6.20 Å². The summed E-state index contributed by atoms with van der Waals surface area (Å²) in [5.74, 6) is 0.482. The SMILES string of the molecule is Nc1nc(Cl)nc(-c2cnns2)n1. The largest absolute Gasteiger partial charge is 0.368 e. The van der Waals surface area contributed by atoms with Crippen molar-refractivity contribution in [2.75, 3.05) is 5.73 Å². The maximum absolute atomic E-state index is 5.59. The number of nitrogens with two attached hydrogens (primary N) is 1. The van der Waals surface area contributed by atoms with Crippen LogP contribution in [0.25, 0.3) is 10.7 Å².